The molecule has 104 valence electrons. The number of H-pyrrole nitrogens is 1. The van der Waals surface area contributed by atoms with Gasteiger partial charge in [0.2, 0.25) is 0 Å². The summed E-state index contributed by atoms with van der Waals surface area (Å²) in [5.41, 5.74) is 6.14. The van der Waals surface area contributed by atoms with E-state index in [0.29, 0.717) is 6.04 Å². The van der Waals surface area contributed by atoms with Gasteiger partial charge in [0.25, 0.3) is 0 Å². The number of hydrogen-bond donors (Lipinski definition) is 1. The van der Waals surface area contributed by atoms with E-state index in [1.807, 2.05) is 0 Å². The van der Waals surface area contributed by atoms with Crippen LogP contribution in [0.3, 0.4) is 0 Å². The SMILES string of the molecule is CCC1Cc2c([nH]c3ccccc23)C(c2ccccc2)=N1. The van der Waals surface area contributed by atoms with Crippen molar-refractivity contribution in [2.45, 2.75) is 25.8 Å². The Morgan fingerprint density at radius 3 is 2.62 bits per heavy atom. The summed E-state index contributed by atoms with van der Waals surface area (Å²) in [6, 6.07) is 19.4. The monoisotopic (exact) mass is 274 g/mol. The van der Waals surface area contributed by atoms with Gasteiger partial charge in [-0.25, -0.2) is 0 Å². The Balaban J connectivity index is 1.96. The van der Waals surface area contributed by atoms with Crippen LogP contribution in [0.25, 0.3) is 10.9 Å². The minimum absolute atomic E-state index is 0.381. The van der Waals surface area contributed by atoms with Gasteiger partial charge in [-0.05, 0) is 24.5 Å². The predicted molar refractivity (Wildman–Crippen MR) is 88.2 cm³/mol. The van der Waals surface area contributed by atoms with Crippen LogP contribution in [0.15, 0.2) is 59.6 Å². The van der Waals surface area contributed by atoms with E-state index < -0.39 is 0 Å². The zero-order valence-electron chi connectivity index (χ0n) is 12.1. The van der Waals surface area contributed by atoms with E-state index in [9.17, 15) is 0 Å². The molecule has 3 aromatic rings. The summed E-state index contributed by atoms with van der Waals surface area (Å²) in [7, 11) is 0. The first-order chi connectivity index (χ1) is 10.4. The fourth-order valence-electron chi connectivity index (χ4n) is 3.19. The molecule has 1 aromatic heterocycles. The van der Waals surface area contributed by atoms with Gasteiger partial charge in [-0.2, -0.15) is 0 Å². The maximum Gasteiger partial charge on any atom is 0.0888 e. The fraction of sp³-hybridized carbons (Fsp3) is 0.211. The second-order valence-corrected chi connectivity index (χ2v) is 5.63. The lowest BCUT2D eigenvalue weighted by atomic mass is 9.93. The van der Waals surface area contributed by atoms with E-state index in [-0.39, 0.29) is 0 Å². The molecule has 0 saturated heterocycles. The Hall–Kier alpha value is -2.35. The highest BCUT2D eigenvalue weighted by molar-refractivity contribution is 6.15. The number of benzene rings is 2. The van der Waals surface area contributed by atoms with Crippen molar-refractivity contribution in [1.29, 1.82) is 0 Å². The molecule has 0 radical (unpaired) electrons. The summed E-state index contributed by atoms with van der Waals surface area (Å²) in [4.78, 5) is 8.57. The van der Waals surface area contributed by atoms with Crippen LogP contribution in [0.1, 0.15) is 30.2 Å². The first kappa shape index (κ1) is 12.4. The smallest absolute Gasteiger partial charge is 0.0888 e. The Kier molecular flexibility index (Phi) is 2.88. The minimum atomic E-state index is 0.381. The zero-order chi connectivity index (χ0) is 14.2. The number of nitrogens with one attached hydrogen (secondary N) is 1. The maximum atomic E-state index is 4.99. The molecule has 0 bridgehead atoms. The number of para-hydroxylation sites is 1. The molecule has 1 N–H and O–H groups in total. The predicted octanol–water partition coefficient (Wildman–Crippen LogP) is 4.34. The van der Waals surface area contributed by atoms with Gasteiger partial charge < -0.3 is 4.98 Å². The second-order valence-electron chi connectivity index (χ2n) is 5.63. The maximum absolute atomic E-state index is 4.99. The number of fused-ring (bicyclic) bond motifs is 3. The molecule has 4 rings (SSSR count). The molecular weight excluding hydrogens is 256 g/mol. The molecule has 2 heterocycles. The van der Waals surface area contributed by atoms with Crippen LogP contribution in [0.5, 0.6) is 0 Å². The highest BCUT2D eigenvalue weighted by Crippen LogP contribution is 2.30. The molecule has 1 aliphatic heterocycles. The summed E-state index contributed by atoms with van der Waals surface area (Å²) >= 11 is 0. The third-order valence-corrected chi connectivity index (χ3v) is 4.32. The van der Waals surface area contributed by atoms with Gasteiger partial charge in [-0.1, -0.05) is 55.5 Å². The highest BCUT2D eigenvalue weighted by atomic mass is 14.9. The van der Waals surface area contributed by atoms with E-state index >= 15 is 0 Å². The Morgan fingerprint density at radius 2 is 1.81 bits per heavy atom. The van der Waals surface area contributed by atoms with Crippen molar-refractivity contribution >= 4 is 16.6 Å². The van der Waals surface area contributed by atoms with Gasteiger partial charge in [0.1, 0.15) is 0 Å². The summed E-state index contributed by atoms with van der Waals surface area (Å²) in [5, 5.41) is 1.34. The molecule has 0 saturated carbocycles. The van der Waals surface area contributed by atoms with Crippen LogP contribution in [0, 0.1) is 0 Å². The Bertz CT molecular complexity index is 812. The van der Waals surface area contributed by atoms with Crippen LogP contribution >= 0.6 is 0 Å². The average Bonchev–Trinajstić information content (AvgIpc) is 2.93. The Morgan fingerprint density at radius 1 is 1.05 bits per heavy atom. The van der Waals surface area contributed by atoms with Crippen molar-refractivity contribution < 1.29 is 0 Å². The molecule has 0 spiro atoms. The summed E-state index contributed by atoms with van der Waals surface area (Å²) in [6.45, 7) is 2.22. The molecule has 2 nitrogen and oxygen atoms in total. The van der Waals surface area contributed by atoms with Crippen molar-refractivity contribution in [3.8, 4) is 0 Å². The van der Waals surface area contributed by atoms with Crippen LogP contribution in [-0.2, 0) is 6.42 Å². The van der Waals surface area contributed by atoms with Crippen LogP contribution in [-0.4, -0.2) is 16.7 Å². The average molecular weight is 274 g/mol. The van der Waals surface area contributed by atoms with Gasteiger partial charge in [0, 0.05) is 16.5 Å². The third kappa shape index (κ3) is 1.99. The molecule has 0 aliphatic carbocycles. The van der Waals surface area contributed by atoms with E-state index in [4.69, 9.17) is 4.99 Å². The molecule has 2 heteroatoms. The van der Waals surface area contributed by atoms with Crippen LogP contribution < -0.4 is 0 Å². The summed E-state index contributed by atoms with van der Waals surface area (Å²) in [5.74, 6) is 0. The standard InChI is InChI=1S/C19H18N2/c1-2-14-12-16-15-10-6-7-11-17(15)21-19(16)18(20-14)13-8-4-3-5-9-13/h3-11,14,21H,2,12H2,1H3. The zero-order valence-corrected chi connectivity index (χ0v) is 12.1. The topological polar surface area (TPSA) is 28.1 Å². The van der Waals surface area contributed by atoms with Crippen molar-refractivity contribution in [3.05, 3.63) is 71.4 Å². The molecule has 1 unspecified atom stereocenters. The molecule has 0 fully saturated rings. The van der Waals surface area contributed by atoms with E-state index in [2.05, 4.69) is 66.5 Å². The van der Waals surface area contributed by atoms with E-state index in [0.717, 1.165) is 18.6 Å². The van der Waals surface area contributed by atoms with Crippen molar-refractivity contribution in [3.63, 3.8) is 0 Å². The number of nitrogens with zero attached hydrogens (tertiary/aromatic N) is 1. The van der Waals surface area contributed by atoms with Gasteiger partial charge in [0.15, 0.2) is 0 Å². The summed E-state index contributed by atoms with van der Waals surface area (Å²) in [6.07, 6.45) is 2.11. The molecule has 2 aromatic carbocycles. The van der Waals surface area contributed by atoms with Crippen molar-refractivity contribution in [2.24, 2.45) is 4.99 Å². The quantitative estimate of drug-likeness (QED) is 0.720. The van der Waals surface area contributed by atoms with Crippen LogP contribution in [0.2, 0.25) is 0 Å². The lowest BCUT2D eigenvalue weighted by Gasteiger charge is -2.20. The van der Waals surface area contributed by atoms with Crippen LogP contribution in [0.4, 0.5) is 0 Å². The third-order valence-electron chi connectivity index (χ3n) is 4.32. The number of aromatic amines is 1. The van der Waals surface area contributed by atoms with Crippen molar-refractivity contribution in [2.75, 3.05) is 0 Å². The molecular formula is C19H18N2. The minimum Gasteiger partial charge on any atom is -0.353 e. The number of aliphatic imine (C=N–C) groups is 1. The highest BCUT2D eigenvalue weighted by Gasteiger charge is 2.24. The van der Waals surface area contributed by atoms with Gasteiger partial charge >= 0.3 is 0 Å². The first-order valence-electron chi connectivity index (χ1n) is 7.60. The van der Waals surface area contributed by atoms with E-state index in [1.165, 1.54) is 27.7 Å². The lowest BCUT2D eigenvalue weighted by molar-refractivity contribution is 0.642. The molecule has 0 amide bonds. The lowest BCUT2D eigenvalue weighted by Crippen LogP contribution is -2.20. The molecule has 21 heavy (non-hydrogen) atoms. The first-order valence-corrected chi connectivity index (χ1v) is 7.60. The van der Waals surface area contributed by atoms with Crippen molar-refractivity contribution in [1.82, 2.24) is 4.98 Å². The van der Waals surface area contributed by atoms with Gasteiger partial charge in [0.05, 0.1) is 17.4 Å². The second kappa shape index (κ2) is 4.88. The number of rotatable bonds is 2. The number of hydrogen-bond acceptors (Lipinski definition) is 1. The number of aromatic nitrogens is 1. The Labute approximate surface area is 124 Å². The molecule has 1 atom stereocenters. The van der Waals surface area contributed by atoms with E-state index in [1.54, 1.807) is 0 Å². The largest absolute Gasteiger partial charge is 0.353 e. The molecule has 1 aliphatic rings. The van der Waals surface area contributed by atoms with Gasteiger partial charge in [-0.3, -0.25) is 4.99 Å². The normalized spacial score (nSPS) is 17.6. The van der Waals surface area contributed by atoms with Gasteiger partial charge in [-0.15, -0.1) is 0 Å². The fourth-order valence-corrected chi connectivity index (χ4v) is 3.19. The summed E-state index contributed by atoms with van der Waals surface area (Å²) < 4.78 is 0.